The topological polar surface area (TPSA) is 96.4 Å². The molecule has 2 heterocycles. The van der Waals surface area contributed by atoms with Gasteiger partial charge in [0.05, 0.1) is 11.6 Å². The van der Waals surface area contributed by atoms with Crippen molar-refractivity contribution in [2.75, 3.05) is 11.9 Å². The molecule has 10 heteroatoms. The maximum absolute atomic E-state index is 14.1. The highest BCUT2D eigenvalue weighted by atomic mass is 35.5. The number of carbonyl (C=O) groups excluding carboxylic acids is 1. The lowest BCUT2D eigenvalue weighted by molar-refractivity contribution is -0.152. The van der Waals surface area contributed by atoms with E-state index < -0.39 is 17.4 Å². The molecule has 7 nitrogen and oxygen atoms in total. The van der Waals surface area contributed by atoms with Crippen LogP contribution in [0.2, 0.25) is 5.02 Å². The first-order valence-electron chi connectivity index (χ1n) is 11.6. The van der Waals surface area contributed by atoms with Crippen molar-refractivity contribution in [3.05, 3.63) is 101 Å². The second-order valence-electron chi connectivity index (χ2n) is 8.95. The van der Waals surface area contributed by atoms with Crippen LogP contribution in [-0.2, 0) is 24.3 Å². The molecule has 0 radical (unpaired) electrons. The Balaban J connectivity index is 1.46. The third-order valence-electron chi connectivity index (χ3n) is 6.25. The van der Waals surface area contributed by atoms with Gasteiger partial charge in [0, 0.05) is 30.8 Å². The van der Waals surface area contributed by atoms with Crippen molar-refractivity contribution >= 4 is 29.0 Å². The summed E-state index contributed by atoms with van der Waals surface area (Å²) in [6, 6.07) is 19.2. The quantitative estimate of drug-likeness (QED) is 0.324. The molecule has 190 valence electrons. The van der Waals surface area contributed by atoms with Crippen LogP contribution in [0.4, 0.5) is 20.3 Å². The average Bonchev–Trinajstić information content (AvgIpc) is 3.24. The molecular weight excluding hydrogens is 500 g/mol. The second kappa shape index (κ2) is 9.93. The maximum Gasteiger partial charge on any atom is 0.270 e. The number of nitrogens with zero attached hydrogens (tertiary/aromatic N) is 3. The average molecular weight is 524 g/mol. The molecule has 1 atom stereocenters. The number of imidazole rings is 1. The SMILES string of the molecule is N[C@](O)(Cc1ccccc1)C(=O)N1CCn2c(nc(-c3ccc(F)cc3)c2Nc2ccc(Cl)c(F)c2)C1. The number of anilines is 2. The van der Waals surface area contributed by atoms with Crippen LogP contribution in [0.25, 0.3) is 11.3 Å². The Morgan fingerprint density at radius 2 is 1.81 bits per heavy atom. The number of aliphatic hydroxyl groups is 1. The van der Waals surface area contributed by atoms with Gasteiger partial charge in [0.25, 0.3) is 5.91 Å². The molecule has 1 aliphatic heterocycles. The largest absolute Gasteiger partial charge is 0.367 e. The van der Waals surface area contributed by atoms with Crippen LogP contribution in [0.1, 0.15) is 11.4 Å². The molecule has 3 aromatic carbocycles. The Morgan fingerprint density at radius 1 is 1.08 bits per heavy atom. The molecule has 0 unspecified atom stereocenters. The molecular formula is C27H24ClF2N5O2. The minimum atomic E-state index is -2.09. The third kappa shape index (κ3) is 5.20. The van der Waals surface area contributed by atoms with Crippen LogP contribution >= 0.6 is 11.6 Å². The van der Waals surface area contributed by atoms with Gasteiger partial charge in [-0.25, -0.2) is 13.8 Å². The van der Waals surface area contributed by atoms with E-state index >= 15 is 0 Å². The lowest BCUT2D eigenvalue weighted by Gasteiger charge is -2.33. The smallest absolute Gasteiger partial charge is 0.270 e. The first-order chi connectivity index (χ1) is 17.7. The predicted molar refractivity (Wildman–Crippen MR) is 137 cm³/mol. The van der Waals surface area contributed by atoms with Gasteiger partial charge in [-0.2, -0.15) is 0 Å². The minimum Gasteiger partial charge on any atom is -0.367 e. The Kier molecular flexibility index (Phi) is 6.68. The molecule has 4 aromatic rings. The van der Waals surface area contributed by atoms with Crippen LogP contribution in [0.5, 0.6) is 0 Å². The summed E-state index contributed by atoms with van der Waals surface area (Å²) in [5.41, 5.74) is 6.30. The number of benzene rings is 3. The molecule has 37 heavy (non-hydrogen) atoms. The fourth-order valence-electron chi connectivity index (χ4n) is 4.41. The van der Waals surface area contributed by atoms with E-state index in [9.17, 15) is 18.7 Å². The number of carbonyl (C=O) groups is 1. The van der Waals surface area contributed by atoms with Crippen molar-refractivity contribution in [3.63, 3.8) is 0 Å². The fourth-order valence-corrected chi connectivity index (χ4v) is 4.52. The molecule has 0 bridgehead atoms. The van der Waals surface area contributed by atoms with Gasteiger partial charge in [0.2, 0.25) is 0 Å². The molecule has 1 amide bonds. The monoisotopic (exact) mass is 523 g/mol. The molecule has 4 N–H and O–H groups in total. The van der Waals surface area contributed by atoms with Crippen LogP contribution in [0.3, 0.4) is 0 Å². The lowest BCUT2D eigenvalue weighted by atomic mass is 10.0. The van der Waals surface area contributed by atoms with Crippen molar-refractivity contribution in [3.8, 4) is 11.3 Å². The zero-order valence-corrected chi connectivity index (χ0v) is 20.4. The van der Waals surface area contributed by atoms with Gasteiger partial charge in [-0.3, -0.25) is 10.5 Å². The van der Waals surface area contributed by atoms with E-state index in [1.54, 1.807) is 30.3 Å². The first kappa shape index (κ1) is 24.9. The van der Waals surface area contributed by atoms with Crippen LogP contribution in [-0.4, -0.2) is 37.7 Å². The Hall–Kier alpha value is -3.79. The van der Waals surface area contributed by atoms with Gasteiger partial charge in [-0.15, -0.1) is 0 Å². The number of hydrogen-bond donors (Lipinski definition) is 3. The standard InChI is InChI=1S/C27H24ClF2N5O2/c28-21-11-10-20(14-22(21)30)32-25-24(18-6-8-19(29)9-7-18)33-23-16-34(12-13-35(23)25)26(36)27(31,37)15-17-4-2-1-3-5-17/h1-11,14,32,37H,12-13,15-16,31H2/t27-/m0/s1. The predicted octanol–water partition coefficient (Wildman–Crippen LogP) is 4.46. The summed E-state index contributed by atoms with van der Waals surface area (Å²) in [5.74, 6) is -0.484. The van der Waals surface area contributed by atoms with Gasteiger partial charge in [-0.05, 0) is 48.0 Å². The van der Waals surface area contributed by atoms with Gasteiger partial charge >= 0.3 is 0 Å². The van der Waals surface area contributed by atoms with E-state index in [-0.39, 0.29) is 30.4 Å². The normalized spacial score (nSPS) is 14.7. The molecule has 0 saturated carbocycles. The maximum atomic E-state index is 14.1. The Morgan fingerprint density at radius 3 is 2.51 bits per heavy atom. The number of rotatable bonds is 6. The van der Waals surface area contributed by atoms with Crippen molar-refractivity contribution in [1.82, 2.24) is 14.5 Å². The highest BCUT2D eigenvalue weighted by molar-refractivity contribution is 6.30. The molecule has 5 rings (SSSR count). The van der Waals surface area contributed by atoms with E-state index in [0.717, 1.165) is 5.56 Å². The first-order valence-corrected chi connectivity index (χ1v) is 12.0. The molecule has 0 spiro atoms. The van der Waals surface area contributed by atoms with E-state index in [4.69, 9.17) is 22.3 Å². The van der Waals surface area contributed by atoms with Crippen LogP contribution in [0.15, 0.2) is 72.8 Å². The van der Waals surface area contributed by atoms with E-state index in [1.165, 1.54) is 29.2 Å². The van der Waals surface area contributed by atoms with E-state index in [1.807, 2.05) is 22.8 Å². The zero-order chi connectivity index (χ0) is 26.2. The summed E-state index contributed by atoms with van der Waals surface area (Å²) in [6.07, 6.45) is -0.0343. The number of nitrogens with one attached hydrogen (secondary N) is 1. The van der Waals surface area contributed by atoms with Gasteiger partial charge in [0.15, 0.2) is 5.72 Å². The van der Waals surface area contributed by atoms with Crippen LogP contribution < -0.4 is 11.1 Å². The van der Waals surface area contributed by atoms with Gasteiger partial charge < -0.3 is 19.9 Å². The van der Waals surface area contributed by atoms with Crippen molar-refractivity contribution in [2.24, 2.45) is 5.73 Å². The highest BCUT2D eigenvalue weighted by Crippen LogP contribution is 2.34. The van der Waals surface area contributed by atoms with Crippen molar-refractivity contribution < 1.29 is 18.7 Å². The molecule has 0 fully saturated rings. The second-order valence-corrected chi connectivity index (χ2v) is 9.36. The van der Waals surface area contributed by atoms with E-state index in [2.05, 4.69) is 5.32 Å². The van der Waals surface area contributed by atoms with Crippen LogP contribution in [0, 0.1) is 11.6 Å². The number of hydrogen-bond acceptors (Lipinski definition) is 5. The number of nitrogens with two attached hydrogens (primary N) is 1. The fraction of sp³-hybridized carbons (Fsp3) is 0.185. The summed E-state index contributed by atoms with van der Waals surface area (Å²) in [4.78, 5) is 19.4. The van der Waals surface area contributed by atoms with Gasteiger partial charge in [0.1, 0.15) is 29.0 Å². The Bertz CT molecular complexity index is 1440. The summed E-state index contributed by atoms with van der Waals surface area (Å²) < 4.78 is 29.6. The molecule has 1 aliphatic rings. The lowest BCUT2D eigenvalue weighted by Crippen LogP contribution is -2.58. The van der Waals surface area contributed by atoms with Crippen molar-refractivity contribution in [1.29, 1.82) is 0 Å². The molecule has 0 saturated heterocycles. The number of fused-ring (bicyclic) bond motifs is 1. The summed E-state index contributed by atoms with van der Waals surface area (Å²) in [6.45, 7) is 0.704. The molecule has 0 aliphatic carbocycles. The summed E-state index contributed by atoms with van der Waals surface area (Å²) in [7, 11) is 0. The van der Waals surface area contributed by atoms with E-state index in [0.29, 0.717) is 35.1 Å². The summed E-state index contributed by atoms with van der Waals surface area (Å²) >= 11 is 5.83. The minimum absolute atomic E-state index is 0.00134. The Labute approximate surface area is 217 Å². The molecule has 1 aromatic heterocycles. The third-order valence-corrected chi connectivity index (χ3v) is 6.55. The summed E-state index contributed by atoms with van der Waals surface area (Å²) in [5, 5.41) is 14.0. The highest BCUT2D eigenvalue weighted by Gasteiger charge is 2.38. The van der Waals surface area contributed by atoms with Crippen molar-refractivity contribution in [2.45, 2.75) is 25.2 Å². The number of halogens is 3. The number of amides is 1. The number of aromatic nitrogens is 2. The zero-order valence-electron chi connectivity index (χ0n) is 19.7. The van der Waals surface area contributed by atoms with Gasteiger partial charge in [-0.1, -0.05) is 41.9 Å².